The van der Waals surface area contributed by atoms with Gasteiger partial charge in [0.1, 0.15) is 5.75 Å². The van der Waals surface area contributed by atoms with Gasteiger partial charge in [0.15, 0.2) is 0 Å². The summed E-state index contributed by atoms with van der Waals surface area (Å²) < 4.78 is 10.7. The highest BCUT2D eigenvalue weighted by atomic mass is 16.5. The maximum atomic E-state index is 12.0. The zero-order chi connectivity index (χ0) is 14.3. The first-order chi connectivity index (χ1) is 9.10. The Balaban J connectivity index is 2.92. The molecule has 1 aromatic heterocycles. The van der Waals surface area contributed by atoms with Gasteiger partial charge in [-0.1, -0.05) is 20.8 Å². The molecule has 0 saturated heterocycles. The average molecular weight is 265 g/mol. The summed E-state index contributed by atoms with van der Waals surface area (Å²) in [5.74, 6) is 0.362. The quantitative estimate of drug-likeness (QED) is 0.710. The number of rotatable bonds is 7. The molecule has 19 heavy (non-hydrogen) atoms. The number of aromatic nitrogens is 1. The van der Waals surface area contributed by atoms with E-state index >= 15 is 0 Å². The Bertz CT molecular complexity index is 404. The Kier molecular flexibility index (Phi) is 6.33. The normalized spacial score (nSPS) is 12.3. The second-order valence-corrected chi connectivity index (χ2v) is 4.78. The Hall–Kier alpha value is -1.58. The summed E-state index contributed by atoms with van der Waals surface area (Å²) in [6, 6.07) is 1.88. The third-order valence-electron chi connectivity index (χ3n) is 2.77. The summed E-state index contributed by atoms with van der Waals surface area (Å²) in [7, 11) is 0. The van der Waals surface area contributed by atoms with Gasteiger partial charge in [-0.2, -0.15) is 0 Å². The number of hydrogen-bond acceptors (Lipinski definition) is 4. The number of hydrogen-bond donors (Lipinski definition) is 0. The lowest BCUT2D eigenvalue weighted by molar-refractivity contribution is -0.146. The van der Waals surface area contributed by atoms with E-state index < -0.39 is 0 Å². The third-order valence-corrected chi connectivity index (χ3v) is 2.77. The van der Waals surface area contributed by atoms with Crippen LogP contribution in [0.4, 0.5) is 0 Å². The highest BCUT2D eigenvalue weighted by molar-refractivity contribution is 5.78. The molecule has 4 nitrogen and oxygen atoms in total. The van der Waals surface area contributed by atoms with Gasteiger partial charge in [0.2, 0.25) is 0 Å². The van der Waals surface area contributed by atoms with Crippen molar-refractivity contribution in [2.75, 3.05) is 13.2 Å². The zero-order valence-electron chi connectivity index (χ0n) is 12.2. The van der Waals surface area contributed by atoms with Crippen molar-refractivity contribution in [2.24, 2.45) is 5.92 Å². The number of nitrogens with zero attached hydrogens (tertiary/aromatic N) is 1. The lowest BCUT2D eigenvalue weighted by Crippen LogP contribution is -2.21. The van der Waals surface area contributed by atoms with Gasteiger partial charge in [0, 0.05) is 6.20 Å². The van der Waals surface area contributed by atoms with Gasteiger partial charge in [0.25, 0.3) is 0 Å². The molecule has 0 N–H and O–H groups in total. The minimum atomic E-state index is -0.294. The van der Waals surface area contributed by atoms with Gasteiger partial charge in [0.05, 0.1) is 25.3 Å². The van der Waals surface area contributed by atoms with Gasteiger partial charge in [-0.3, -0.25) is 9.78 Å². The van der Waals surface area contributed by atoms with E-state index in [1.165, 1.54) is 0 Å². The van der Waals surface area contributed by atoms with E-state index in [-0.39, 0.29) is 17.8 Å². The van der Waals surface area contributed by atoms with E-state index in [2.05, 4.69) is 4.98 Å². The van der Waals surface area contributed by atoms with Crippen LogP contribution in [-0.2, 0) is 9.53 Å². The predicted octanol–water partition coefficient (Wildman–Crippen LogP) is 3.17. The molecule has 106 valence electrons. The topological polar surface area (TPSA) is 48.4 Å². The van der Waals surface area contributed by atoms with Crippen molar-refractivity contribution in [3.8, 4) is 5.75 Å². The van der Waals surface area contributed by atoms with E-state index in [0.29, 0.717) is 19.0 Å². The molecule has 0 fully saturated rings. The Labute approximate surface area is 115 Å². The first kappa shape index (κ1) is 15.5. The van der Waals surface area contributed by atoms with Gasteiger partial charge in [-0.15, -0.1) is 0 Å². The molecule has 0 bridgehead atoms. The Morgan fingerprint density at radius 1 is 1.32 bits per heavy atom. The van der Waals surface area contributed by atoms with Crippen molar-refractivity contribution in [1.29, 1.82) is 0 Å². The fraction of sp³-hybridized carbons (Fsp3) is 0.600. The van der Waals surface area contributed by atoms with Crippen LogP contribution in [0.25, 0.3) is 0 Å². The largest absolute Gasteiger partial charge is 0.492 e. The zero-order valence-corrected chi connectivity index (χ0v) is 12.2. The second kappa shape index (κ2) is 7.77. The number of pyridine rings is 1. The monoisotopic (exact) mass is 265 g/mol. The predicted molar refractivity (Wildman–Crippen MR) is 74.2 cm³/mol. The molecule has 1 unspecified atom stereocenters. The molecule has 4 heteroatoms. The van der Waals surface area contributed by atoms with E-state index in [1.807, 2.05) is 33.8 Å². The van der Waals surface area contributed by atoms with Crippen LogP contribution in [0.5, 0.6) is 5.75 Å². The molecule has 1 rings (SSSR count). The molecule has 1 aromatic rings. The summed E-state index contributed by atoms with van der Waals surface area (Å²) >= 11 is 0. The molecule has 1 atom stereocenters. The van der Waals surface area contributed by atoms with E-state index in [1.54, 1.807) is 12.4 Å². The standard InChI is InChI=1S/C15H23NO3/c1-5-7-19-13-8-12(9-16-10-13)14(11(3)4)15(17)18-6-2/h8-11,14H,5-7H2,1-4H3. The van der Waals surface area contributed by atoms with Gasteiger partial charge < -0.3 is 9.47 Å². The SMILES string of the molecule is CCCOc1cncc(C(C(=O)OCC)C(C)C)c1. The van der Waals surface area contributed by atoms with Crippen LogP contribution >= 0.6 is 0 Å². The molecule has 0 aliphatic rings. The van der Waals surface area contributed by atoms with Gasteiger partial charge in [-0.05, 0) is 30.9 Å². The van der Waals surface area contributed by atoms with Crippen LogP contribution in [0.2, 0.25) is 0 Å². The molecular formula is C15H23NO3. The molecule has 0 amide bonds. The summed E-state index contributed by atoms with van der Waals surface area (Å²) in [5, 5.41) is 0. The number of ether oxygens (including phenoxy) is 2. The first-order valence-corrected chi connectivity index (χ1v) is 6.84. The average Bonchev–Trinajstić information content (AvgIpc) is 2.37. The van der Waals surface area contributed by atoms with Crippen LogP contribution in [-0.4, -0.2) is 24.2 Å². The number of esters is 1. The molecule has 0 aliphatic heterocycles. The van der Waals surface area contributed by atoms with Crippen molar-refractivity contribution < 1.29 is 14.3 Å². The fourth-order valence-electron chi connectivity index (χ4n) is 1.93. The van der Waals surface area contributed by atoms with Crippen molar-refractivity contribution in [3.05, 3.63) is 24.0 Å². The minimum Gasteiger partial charge on any atom is -0.492 e. The third kappa shape index (κ3) is 4.54. The smallest absolute Gasteiger partial charge is 0.313 e. The molecule has 1 heterocycles. The maximum absolute atomic E-state index is 12.0. The van der Waals surface area contributed by atoms with E-state index in [0.717, 1.165) is 12.0 Å². The van der Waals surface area contributed by atoms with Gasteiger partial charge >= 0.3 is 5.97 Å². The molecule has 0 aliphatic carbocycles. The highest BCUT2D eigenvalue weighted by Crippen LogP contribution is 2.27. The van der Waals surface area contributed by atoms with E-state index in [9.17, 15) is 4.79 Å². The number of carbonyl (C=O) groups excluding carboxylic acids is 1. The second-order valence-electron chi connectivity index (χ2n) is 4.78. The lowest BCUT2D eigenvalue weighted by atomic mass is 9.89. The maximum Gasteiger partial charge on any atom is 0.313 e. The minimum absolute atomic E-state index is 0.155. The van der Waals surface area contributed by atoms with Crippen molar-refractivity contribution in [1.82, 2.24) is 4.98 Å². The van der Waals surface area contributed by atoms with Crippen LogP contribution < -0.4 is 4.74 Å². The summed E-state index contributed by atoms with van der Waals surface area (Å²) in [4.78, 5) is 16.2. The molecule has 0 aromatic carbocycles. The van der Waals surface area contributed by atoms with Crippen LogP contribution in [0, 0.1) is 5.92 Å². The Morgan fingerprint density at radius 3 is 2.63 bits per heavy atom. The van der Waals surface area contributed by atoms with E-state index in [4.69, 9.17) is 9.47 Å². The van der Waals surface area contributed by atoms with Gasteiger partial charge in [-0.25, -0.2) is 0 Å². The summed E-state index contributed by atoms with van der Waals surface area (Å²) in [6.45, 7) is 8.90. The van der Waals surface area contributed by atoms with Crippen molar-refractivity contribution in [3.63, 3.8) is 0 Å². The molecule has 0 spiro atoms. The lowest BCUT2D eigenvalue weighted by Gasteiger charge is -2.19. The van der Waals surface area contributed by atoms with Crippen molar-refractivity contribution in [2.45, 2.75) is 40.0 Å². The molecular weight excluding hydrogens is 242 g/mol. The summed E-state index contributed by atoms with van der Waals surface area (Å²) in [5.41, 5.74) is 0.849. The highest BCUT2D eigenvalue weighted by Gasteiger charge is 2.26. The van der Waals surface area contributed by atoms with Crippen LogP contribution in [0.1, 0.15) is 45.6 Å². The summed E-state index contributed by atoms with van der Waals surface area (Å²) in [6.07, 6.45) is 4.32. The van der Waals surface area contributed by atoms with Crippen LogP contribution in [0.15, 0.2) is 18.5 Å². The fourth-order valence-corrected chi connectivity index (χ4v) is 1.93. The number of carbonyl (C=O) groups is 1. The molecule has 0 saturated carbocycles. The Morgan fingerprint density at radius 2 is 2.05 bits per heavy atom. The van der Waals surface area contributed by atoms with Crippen molar-refractivity contribution >= 4 is 5.97 Å². The first-order valence-electron chi connectivity index (χ1n) is 6.84. The van der Waals surface area contributed by atoms with Crippen LogP contribution in [0.3, 0.4) is 0 Å². The molecule has 0 radical (unpaired) electrons.